The molecule has 3 heteroatoms. The molecule has 0 atom stereocenters. The highest BCUT2D eigenvalue weighted by Crippen LogP contribution is 2.41. The van der Waals surface area contributed by atoms with Crippen LogP contribution >= 0.6 is 0 Å². The van der Waals surface area contributed by atoms with Crippen molar-refractivity contribution in [3.05, 3.63) is 29.8 Å². The number of rotatable bonds is 2. The molecular weight excluding hydrogens is 296 g/mol. The van der Waals surface area contributed by atoms with Crippen LogP contribution in [0.25, 0.3) is 0 Å². The minimum Gasteiger partial charge on any atom is -0.381 e. The third-order valence-electron chi connectivity index (χ3n) is 6.79. The SMILES string of the molecule is Cc1ccc(N2CCC(N3CCC4(CCOCC4)CC3)CC2)cc1. The van der Waals surface area contributed by atoms with Crippen LogP contribution in [-0.2, 0) is 4.74 Å². The Kier molecular flexibility index (Phi) is 4.82. The molecule has 0 bridgehead atoms. The summed E-state index contributed by atoms with van der Waals surface area (Å²) in [5, 5.41) is 0. The number of anilines is 1. The van der Waals surface area contributed by atoms with Gasteiger partial charge in [-0.25, -0.2) is 0 Å². The standard InChI is InChI=1S/C21H32N2O/c1-18-2-4-19(5-3-18)22-12-6-20(7-13-22)23-14-8-21(9-15-23)10-16-24-17-11-21/h2-5,20H,6-17H2,1H3. The Morgan fingerprint density at radius 2 is 1.50 bits per heavy atom. The average molecular weight is 329 g/mol. The summed E-state index contributed by atoms with van der Waals surface area (Å²) in [4.78, 5) is 5.37. The van der Waals surface area contributed by atoms with Gasteiger partial charge in [-0.05, 0) is 76.1 Å². The summed E-state index contributed by atoms with van der Waals surface area (Å²) in [5.41, 5.74) is 3.38. The maximum absolute atomic E-state index is 5.58. The fourth-order valence-electron chi connectivity index (χ4n) is 4.91. The lowest BCUT2D eigenvalue weighted by molar-refractivity contribution is -0.0293. The number of ether oxygens (including phenoxy) is 1. The Labute approximate surface area is 147 Å². The second-order valence-electron chi connectivity index (χ2n) is 8.20. The zero-order valence-corrected chi connectivity index (χ0v) is 15.2. The molecule has 3 nitrogen and oxygen atoms in total. The zero-order valence-electron chi connectivity index (χ0n) is 15.2. The lowest BCUT2D eigenvalue weighted by Gasteiger charge is -2.48. The molecule has 3 saturated heterocycles. The first kappa shape index (κ1) is 16.4. The molecule has 0 aromatic heterocycles. The summed E-state index contributed by atoms with van der Waals surface area (Å²) in [6.45, 7) is 9.21. The molecule has 3 aliphatic rings. The van der Waals surface area contributed by atoms with Gasteiger partial charge in [0.25, 0.3) is 0 Å². The molecule has 0 unspecified atom stereocenters. The molecular formula is C21H32N2O. The van der Waals surface area contributed by atoms with E-state index in [1.165, 1.54) is 76.0 Å². The van der Waals surface area contributed by atoms with E-state index < -0.39 is 0 Å². The van der Waals surface area contributed by atoms with E-state index >= 15 is 0 Å². The zero-order chi connectivity index (χ0) is 16.4. The number of benzene rings is 1. The number of nitrogens with zero attached hydrogens (tertiary/aromatic N) is 2. The fraction of sp³-hybridized carbons (Fsp3) is 0.714. The molecule has 0 aliphatic carbocycles. The van der Waals surface area contributed by atoms with Gasteiger partial charge in [0.05, 0.1) is 0 Å². The number of aryl methyl sites for hydroxylation is 1. The average Bonchev–Trinajstić information content (AvgIpc) is 2.64. The largest absolute Gasteiger partial charge is 0.381 e. The maximum Gasteiger partial charge on any atom is 0.0471 e. The van der Waals surface area contributed by atoms with Crippen LogP contribution in [0.5, 0.6) is 0 Å². The first-order valence-corrected chi connectivity index (χ1v) is 9.88. The molecule has 0 radical (unpaired) electrons. The Hall–Kier alpha value is -1.06. The van der Waals surface area contributed by atoms with Crippen molar-refractivity contribution in [3.8, 4) is 0 Å². The van der Waals surface area contributed by atoms with Crippen molar-refractivity contribution < 1.29 is 4.74 Å². The van der Waals surface area contributed by atoms with Gasteiger partial charge in [0.15, 0.2) is 0 Å². The summed E-state index contributed by atoms with van der Waals surface area (Å²) in [5.74, 6) is 0. The van der Waals surface area contributed by atoms with E-state index in [0.717, 1.165) is 19.3 Å². The summed E-state index contributed by atoms with van der Waals surface area (Å²) in [6.07, 6.45) is 8.04. The molecule has 0 saturated carbocycles. The van der Waals surface area contributed by atoms with E-state index in [0.29, 0.717) is 5.41 Å². The summed E-state index contributed by atoms with van der Waals surface area (Å²) < 4.78 is 5.58. The van der Waals surface area contributed by atoms with E-state index in [2.05, 4.69) is 41.0 Å². The Morgan fingerprint density at radius 3 is 2.12 bits per heavy atom. The van der Waals surface area contributed by atoms with Crippen LogP contribution in [0.2, 0.25) is 0 Å². The van der Waals surface area contributed by atoms with Crippen LogP contribution in [-0.4, -0.2) is 50.3 Å². The van der Waals surface area contributed by atoms with Gasteiger partial charge in [0.1, 0.15) is 0 Å². The third kappa shape index (κ3) is 3.48. The van der Waals surface area contributed by atoms with Crippen molar-refractivity contribution in [3.63, 3.8) is 0 Å². The second-order valence-corrected chi connectivity index (χ2v) is 8.20. The van der Waals surface area contributed by atoms with Crippen molar-refractivity contribution in [2.75, 3.05) is 44.3 Å². The van der Waals surface area contributed by atoms with Crippen molar-refractivity contribution in [1.29, 1.82) is 0 Å². The highest BCUT2D eigenvalue weighted by atomic mass is 16.5. The normalized spacial score (nSPS) is 26.0. The van der Waals surface area contributed by atoms with Crippen molar-refractivity contribution in [2.45, 2.75) is 51.5 Å². The molecule has 1 spiro atoms. The van der Waals surface area contributed by atoms with Crippen molar-refractivity contribution in [1.82, 2.24) is 4.90 Å². The summed E-state index contributed by atoms with van der Waals surface area (Å²) >= 11 is 0. The van der Waals surface area contributed by atoms with Gasteiger partial charge in [-0.2, -0.15) is 0 Å². The monoisotopic (exact) mass is 328 g/mol. The van der Waals surface area contributed by atoms with Crippen LogP contribution < -0.4 is 4.90 Å². The molecule has 1 aromatic carbocycles. The van der Waals surface area contributed by atoms with Crippen LogP contribution in [0.4, 0.5) is 5.69 Å². The highest BCUT2D eigenvalue weighted by Gasteiger charge is 2.38. The summed E-state index contributed by atoms with van der Waals surface area (Å²) in [7, 11) is 0. The van der Waals surface area contributed by atoms with Gasteiger partial charge in [-0.3, -0.25) is 0 Å². The van der Waals surface area contributed by atoms with Crippen LogP contribution in [0.1, 0.15) is 44.1 Å². The molecule has 132 valence electrons. The predicted molar refractivity (Wildman–Crippen MR) is 99.7 cm³/mol. The number of likely N-dealkylation sites (tertiary alicyclic amines) is 1. The fourth-order valence-corrected chi connectivity index (χ4v) is 4.91. The van der Waals surface area contributed by atoms with E-state index in [9.17, 15) is 0 Å². The van der Waals surface area contributed by atoms with Gasteiger partial charge in [0.2, 0.25) is 0 Å². The van der Waals surface area contributed by atoms with Gasteiger partial charge < -0.3 is 14.5 Å². The van der Waals surface area contributed by atoms with Gasteiger partial charge in [-0.15, -0.1) is 0 Å². The summed E-state index contributed by atoms with van der Waals surface area (Å²) in [6, 6.07) is 9.85. The van der Waals surface area contributed by atoms with E-state index in [1.807, 2.05) is 0 Å². The third-order valence-corrected chi connectivity index (χ3v) is 6.79. The van der Waals surface area contributed by atoms with Crippen molar-refractivity contribution in [2.24, 2.45) is 5.41 Å². The molecule has 3 aliphatic heterocycles. The van der Waals surface area contributed by atoms with E-state index in [-0.39, 0.29) is 0 Å². The Morgan fingerprint density at radius 1 is 0.875 bits per heavy atom. The number of hydrogen-bond donors (Lipinski definition) is 0. The van der Waals surface area contributed by atoms with E-state index in [1.54, 1.807) is 0 Å². The molecule has 3 fully saturated rings. The molecule has 3 heterocycles. The molecule has 0 amide bonds. The van der Waals surface area contributed by atoms with Gasteiger partial charge >= 0.3 is 0 Å². The lowest BCUT2D eigenvalue weighted by atomic mass is 9.72. The predicted octanol–water partition coefficient (Wildman–Crippen LogP) is 3.86. The highest BCUT2D eigenvalue weighted by molar-refractivity contribution is 5.47. The molecule has 4 rings (SSSR count). The molecule has 1 aromatic rings. The molecule has 24 heavy (non-hydrogen) atoms. The quantitative estimate of drug-likeness (QED) is 0.820. The van der Waals surface area contributed by atoms with Crippen LogP contribution in [0.15, 0.2) is 24.3 Å². The number of piperidine rings is 2. The molecule has 0 N–H and O–H groups in total. The van der Waals surface area contributed by atoms with Crippen LogP contribution in [0.3, 0.4) is 0 Å². The minimum atomic E-state index is 0.622. The smallest absolute Gasteiger partial charge is 0.0471 e. The topological polar surface area (TPSA) is 15.7 Å². The minimum absolute atomic E-state index is 0.622. The Bertz CT molecular complexity index is 517. The maximum atomic E-state index is 5.58. The Balaban J connectivity index is 1.28. The first-order chi connectivity index (χ1) is 11.7. The van der Waals surface area contributed by atoms with Crippen molar-refractivity contribution >= 4 is 5.69 Å². The van der Waals surface area contributed by atoms with E-state index in [4.69, 9.17) is 4.74 Å². The second kappa shape index (κ2) is 7.05. The van der Waals surface area contributed by atoms with Gasteiger partial charge in [0, 0.05) is 38.0 Å². The number of hydrogen-bond acceptors (Lipinski definition) is 3. The first-order valence-electron chi connectivity index (χ1n) is 9.88. The van der Waals surface area contributed by atoms with Crippen LogP contribution in [0, 0.1) is 12.3 Å². The lowest BCUT2D eigenvalue weighted by Crippen LogP contribution is -2.50. The van der Waals surface area contributed by atoms with Gasteiger partial charge in [-0.1, -0.05) is 17.7 Å².